The molecule has 92 valence electrons. The first kappa shape index (κ1) is 15.2. The summed E-state index contributed by atoms with van der Waals surface area (Å²) in [5.74, 6) is 0. The smallest absolute Gasteiger partial charge is 0.309 e. The molecule has 0 bridgehead atoms. The molecule has 0 heterocycles. The van der Waals surface area contributed by atoms with E-state index < -0.39 is 19.0 Å². The molecule has 1 atom stereocenters. The molecule has 0 aromatic rings. The van der Waals surface area contributed by atoms with Gasteiger partial charge in [-0.15, -0.1) is 0 Å². The van der Waals surface area contributed by atoms with Gasteiger partial charge in [0.1, 0.15) is 0 Å². The Labute approximate surface area is 92.3 Å². The van der Waals surface area contributed by atoms with Crippen molar-refractivity contribution in [2.45, 2.75) is 20.3 Å². The molecule has 0 aromatic heterocycles. The van der Waals surface area contributed by atoms with E-state index in [4.69, 9.17) is 13.6 Å². The van der Waals surface area contributed by atoms with E-state index >= 15 is 0 Å². The van der Waals surface area contributed by atoms with Crippen molar-refractivity contribution < 1.29 is 26.6 Å². The van der Waals surface area contributed by atoms with Gasteiger partial charge in [-0.25, -0.2) is 0 Å². The zero-order valence-electron chi connectivity index (χ0n) is 8.88. The fourth-order valence-corrected chi connectivity index (χ4v) is 2.84. The lowest BCUT2D eigenvalue weighted by Crippen LogP contribution is -2.04. The van der Waals surface area contributed by atoms with E-state index in [1.807, 2.05) is 0 Å². The largest absolute Gasteiger partial charge is 0.330 e. The summed E-state index contributed by atoms with van der Waals surface area (Å²) in [6.45, 7) is 4.12. The van der Waals surface area contributed by atoms with Gasteiger partial charge in [-0.1, -0.05) is 0 Å². The van der Waals surface area contributed by atoms with Crippen LogP contribution >= 0.6 is 7.60 Å². The van der Waals surface area contributed by atoms with E-state index in [0.717, 1.165) is 0 Å². The maximum absolute atomic E-state index is 11.8. The van der Waals surface area contributed by atoms with Crippen LogP contribution in [0.2, 0.25) is 0 Å². The number of hydrogen-bond acceptors (Lipinski definition) is 5. The second kappa shape index (κ2) is 8.38. The maximum Gasteiger partial charge on any atom is 0.330 e. The molecule has 0 saturated carbocycles. The zero-order chi connectivity index (χ0) is 11.7. The molecule has 0 spiro atoms. The minimum absolute atomic E-state index is 0.0489. The van der Waals surface area contributed by atoms with Gasteiger partial charge >= 0.3 is 19.0 Å². The molecule has 0 aliphatic rings. The number of rotatable bonds is 9. The van der Waals surface area contributed by atoms with Crippen molar-refractivity contribution in [1.29, 1.82) is 0 Å². The van der Waals surface area contributed by atoms with Crippen LogP contribution in [0.5, 0.6) is 0 Å². The lowest BCUT2D eigenvalue weighted by atomic mass is 10.5. The summed E-state index contributed by atoms with van der Waals surface area (Å²) in [6, 6.07) is 0. The Kier molecular flexibility index (Phi) is 8.50. The summed E-state index contributed by atoms with van der Waals surface area (Å²) >= 11 is -2.27. The molecule has 6 nitrogen and oxygen atoms in total. The highest BCUT2D eigenvalue weighted by Crippen LogP contribution is 2.48. The first-order chi connectivity index (χ1) is 7.04. The van der Waals surface area contributed by atoms with Gasteiger partial charge < -0.3 is 9.05 Å². The standard InChI is InChI=1S/C7H17O6PS/c1-3-11-14(8,12-4-2)7-5-6-13-15(9)10/h3-7H2,1-2H3,(H,9,10). The van der Waals surface area contributed by atoms with Crippen LogP contribution < -0.4 is 0 Å². The molecule has 1 N–H and O–H groups in total. The van der Waals surface area contributed by atoms with E-state index in [1.165, 1.54) is 0 Å². The van der Waals surface area contributed by atoms with E-state index in [0.29, 0.717) is 19.6 Å². The molecule has 0 amide bonds. The molecule has 0 fully saturated rings. The van der Waals surface area contributed by atoms with Gasteiger partial charge in [0.15, 0.2) is 0 Å². The average Bonchev–Trinajstić information content (AvgIpc) is 2.13. The fourth-order valence-electron chi connectivity index (χ4n) is 0.948. The van der Waals surface area contributed by atoms with Crippen LogP contribution in [0, 0.1) is 0 Å². The third-order valence-electron chi connectivity index (χ3n) is 1.41. The van der Waals surface area contributed by atoms with Crippen LogP contribution in [-0.2, 0) is 29.2 Å². The normalized spacial score (nSPS) is 14.1. The zero-order valence-corrected chi connectivity index (χ0v) is 10.6. The SMILES string of the molecule is CCOP(=O)(CCCOS(=O)O)OCC. The fraction of sp³-hybridized carbons (Fsp3) is 1.00. The maximum atomic E-state index is 11.8. The topological polar surface area (TPSA) is 82.1 Å². The molecule has 0 aliphatic heterocycles. The Hall–Kier alpha value is 0.220. The number of hydrogen-bond donors (Lipinski definition) is 1. The van der Waals surface area contributed by atoms with Crippen molar-refractivity contribution in [3.8, 4) is 0 Å². The monoisotopic (exact) mass is 260 g/mol. The van der Waals surface area contributed by atoms with Crippen LogP contribution in [0.1, 0.15) is 20.3 Å². The highest BCUT2D eigenvalue weighted by molar-refractivity contribution is 7.74. The Bertz CT molecular complexity index is 224. The van der Waals surface area contributed by atoms with E-state index in [-0.39, 0.29) is 12.8 Å². The predicted octanol–water partition coefficient (Wildman–Crippen LogP) is 1.80. The molecule has 0 rings (SSSR count). The Morgan fingerprint density at radius 2 is 1.80 bits per heavy atom. The molecular formula is C7H17O6PS. The average molecular weight is 260 g/mol. The highest BCUT2D eigenvalue weighted by atomic mass is 32.2. The van der Waals surface area contributed by atoms with Crippen LogP contribution in [-0.4, -0.2) is 34.7 Å². The minimum atomic E-state index is -3.04. The highest BCUT2D eigenvalue weighted by Gasteiger charge is 2.22. The molecule has 0 radical (unpaired) electrons. The van der Waals surface area contributed by atoms with Gasteiger partial charge in [-0.2, -0.15) is 4.21 Å². The van der Waals surface area contributed by atoms with Crippen molar-refractivity contribution in [1.82, 2.24) is 0 Å². The Morgan fingerprint density at radius 1 is 1.27 bits per heavy atom. The third kappa shape index (κ3) is 8.07. The van der Waals surface area contributed by atoms with Crippen molar-refractivity contribution in [2.24, 2.45) is 0 Å². The van der Waals surface area contributed by atoms with E-state index in [9.17, 15) is 8.77 Å². The summed E-state index contributed by atoms with van der Waals surface area (Å²) in [6.07, 6.45) is 0.537. The van der Waals surface area contributed by atoms with Crippen molar-refractivity contribution in [2.75, 3.05) is 26.0 Å². The van der Waals surface area contributed by atoms with Crippen LogP contribution in [0.4, 0.5) is 0 Å². The minimum Gasteiger partial charge on any atom is -0.309 e. The first-order valence-corrected chi connectivity index (χ1v) is 7.42. The molecule has 8 heteroatoms. The predicted molar refractivity (Wildman–Crippen MR) is 57.1 cm³/mol. The second-order valence-electron chi connectivity index (χ2n) is 2.56. The quantitative estimate of drug-likeness (QED) is 0.386. The van der Waals surface area contributed by atoms with Gasteiger partial charge in [-0.3, -0.25) is 13.3 Å². The first-order valence-electron chi connectivity index (χ1n) is 4.66. The van der Waals surface area contributed by atoms with E-state index in [2.05, 4.69) is 4.18 Å². The summed E-state index contributed by atoms with van der Waals surface area (Å²) in [4.78, 5) is 0. The molecule has 0 saturated heterocycles. The van der Waals surface area contributed by atoms with Crippen molar-refractivity contribution in [3.63, 3.8) is 0 Å². The Morgan fingerprint density at radius 3 is 2.20 bits per heavy atom. The van der Waals surface area contributed by atoms with Crippen LogP contribution in [0.15, 0.2) is 0 Å². The molecule has 0 aliphatic carbocycles. The Balaban J connectivity index is 3.85. The van der Waals surface area contributed by atoms with Gasteiger partial charge in [0.2, 0.25) is 0 Å². The van der Waals surface area contributed by atoms with Crippen molar-refractivity contribution in [3.05, 3.63) is 0 Å². The van der Waals surface area contributed by atoms with Gasteiger partial charge in [-0.05, 0) is 20.3 Å². The summed E-state index contributed by atoms with van der Waals surface area (Å²) < 4.78 is 44.7. The lowest BCUT2D eigenvalue weighted by Gasteiger charge is -2.16. The van der Waals surface area contributed by atoms with Crippen LogP contribution in [0.3, 0.4) is 0 Å². The third-order valence-corrected chi connectivity index (χ3v) is 3.95. The summed E-state index contributed by atoms with van der Waals surface area (Å²) in [7, 11) is -3.04. The van der Waals surface area contributed by atoms with E-state index in [1.54, 1.807) is 13.8 Å². The summed E-state index contributed by atoms with van der Waals surface area (Å²) in [5, 5.41) is 0. The lowest BCUT2D eigenvalue weighted by molar-refractivity contribution is 0.216. The molecule has 1 unspecified atom stereocenters. The van der Waals surface area contributed by atoms with Crippen LogP contribution in [0.25, 0.3) is 0 Å². The van der Waals surface area contributed by atoms with Crippen molar-refractivity contribution >= 4 is 19.0 Å². The molecule has 15 heavy (non-hydrogen) atoms. The molecular weight excluding hydrogens is 243 g/mol. The summed E-state index contributed by atoms with van der Waals surface area (Å²) in [5.41, 5.74) is 0. The van der Waals surface area contributed by atoms with Gasteiger partial charge in [0, 0.05) is 0 Å². The van der Waals surface area contributed by atoms with Gasteiger partial charge in [0.25, 0.3) is 0 Å². The molecule has 0 aromatic carbocycles. The van der Waals surface area contributed by atoms with Gasteiger partial charge in [0.05, 0.1) is 26.0 Å². The second-order valence-corrected chi connectivity index (χ2v) is 5.42.